The summed E-state index contributed by atoms with van der Waals surface area (Å²) in [6.45, 7) is 4.79. The Hall–Kier alpha value is -5.26. The summed E-state index contributed by atoms with van der Waals surface area (Å²) >= 11 is 0. The van der Waals surface area contributed by atoms with Crippen molar-refractivity contribution in [2.75, 3.05) is 0 Å². The van der Waals surface area contributed by atoms with Crippen molar-refractivity contribution < 1.29 is 0 Å². The van der Waals surface area contributed by atoms with Gasteiger partial charge in [-0.3, -0.25) is 16.0 Å². The predicted octanol–water partition coefficient (Wildman–Crippen LogP) is 10.3. The van der Waals surface area contributed by atoms with Crippen molar-refractivity contribution in [3.63, 3.8) is 0 Å². The van der Waals surface area contributed by atoms with Crippen LogP contribution in [-0.4, -0.2) is 10.7 Å². The summed E-state index contributed by atoms with van der Waals surface area (Å²) in [5.41, 5.74) is 13.0. The molecular weight excluding hydrogens is 609 g/mol. The number of nitrogens with one attached hydrogen (secondary N) is 3. The summed E-state index contributed by atoms with van der Waals surface area (Å²) in [5.74, 6) is 0. The molecule has 4 nitrogen and oxygen atoms in total. The molecule has 3 aliphatic rings. The van der Waals surface area contributed by atoms with Crippen LogP contribution in [-0.2, 0) is 5.41 Å². The Morgan fingerprint density at radius 3 is 2.02 bits per heavy atom. The monoisotopic (exact) mass is 648 g/mol. The number of benzene rings is 6. The second-order valence-electron chi connectivity index (χ2n) is 14.6. The first-order valence-electron chi connectivity index (χ1n) is 18.0. The van der Waals surface area contributed by atoms with E-state index in [-0.39, 0.29) is 23.9 Å². The third-order valence-corrected chi connectivity index (χ3v) is 11.4. The smallest absolute Gasteiger partial charge is 0.0864 e. The van der Waals surface area contributed by atoms with Crippen LogP contribution in [0.4, 0.5) is 0 Å². The summed E-state index contributed by atoms with van der Waals surface area (Å²) in [6, 6.07) is 47.0. The lowest BCUT2D eigenvalue weighted by Gasteiger charge is -2.40. The Bertz CT molecular complexity index is 2500. The molecule has 0 radical (unpaired) electrons. The van der Waals surface area contributed by atoms with E-state index in [0.29, 0.717) is 0 Å². The van der Waals surface area contributed by atoms with Gasteiger partial charge in [0, 0.05) is 27.3 Å². The first kappa shape index (κ1) is 29.6. The standard InChI is InChI=1S/C46H40N4/c1-46(2)37-23-13-11-21-35(37)39-40-36-22-12-14-24-38(36)50(42(40)34-20-10-9-19-33(34)41(39)46)32-27-25-31(26-28-32)45-48-43(29-15-5-3-6-16-29)47-44(49-45)30-17-7-4-8-18-30/h3-7,9-17,19-28,43-45,47-49H,8,18H2,1-2H3. The molecule has 2 aliphatic carbocycles. The molecule has 0 saturated carbocycles. The second-order valence-corrected chi connectivity index (χ2v) is 14.6. The summed E-state index contributed by atoms with van der Waals surface area (Å²) in [5, 5.41) is 16.9. The van der Waals surface area contributed by atoms with Crippen LogP contribution in [0.15, 0.2) is 151 Å². The average Bonchev–Trinajstić information content (AvgIpc) is 3.65. The van der Waals surface area contributed by atoms with Gasteiger partial charge >= 0.3 is 0 Å². The van der Waals surface area contributed by atoms with Gasteiger partial charge in [0.2, 0.25) is 0 Å². The van der Waals surface area contributed by atoms with E-state index >= 15 is 0 Å². The summed E-state index contributed by atoms with van der Waals surface area (Å²) < 4.78 is 2.50. The minimum absolute atomic E-state index is 0.0201. The Morgan fingerprint density at radius 2 is 1.26 bits per heavy atom. The topological polar surface area (TPSA) is 41.0 Å². The highest BCUT2D eigenvalue weighted by Gasteiger charge is 2.39. The number of allylic oxidation sites excluding steroid dienone is 3. The van der Waals surface area contributed by atoms with E-state index < -0.39 is 0 Å². The van der Waals surface area contributed by atoms with Gasteiger partial charge in [-0.25, -0.2) is 0 Å². The number of rotatable bonds is 4. The Balaban J connectivity index is 1.14. The van der Waals surface area contributed by atoms with Gasteiger partial charge in [0.05, 0.1) is 29.5 Å². The SMILES string of the molecule is CC1(C)c2ccccc2-c2c1c1ccccc1c1c2c2ccccc2n1-c1ccc(C2NC(C3=CC=CCC3)NC(c3ccccc3)N2)cc1. The second kappa shape index (κ2) is 11.4. The molecule has 1 aromatic heterocycles. The molecule has 2 heterocycles. The lowest BCUT2D eigenvalue weighted by molar-refractivity contribution is 0.219. The van der Waals surface area contributed by atoms with E-state index in [9.17, 15) is 0 Å². The number of hydrogen-bond donors (Lipinski definition) is 3. The van der Waals surface area contributed by atoms with Crippen molar-refractivity contribution in [1.29, 1.82) is 0 Å². The van der Waals surface area contributed by atoms with Gasteiger partial charge in [0.1, 0.15) is 0 Å². The van der Waals surface area contributed by atoms with Gasteiger partial charge in [0.15, 0.2) is 0 Å². The van der Waals surface area contributed by atoms with E-state index in [2.05, 4.69) is 180 Å². The molecular formula is C46H40N4. The van der Waals surface area contributed by atoms with E-state index in [1.165, 1.54) is 77.2 Å². The molecule has 6 aromatic carbocycles. The van der Waals surface area contributed by atoms with Crippen molar-refractivity contribution in [3.8, 4) is 16.8 Å². The Morgan fingerprint density at radius 1 is 0.620 bits per heavy atom. The number of nitrogens with zero attached hydrogens (tertiary/aromatic N) is 1. The lowest BCUT2D eigenvalue weighted by atomic mass is 9.79. The van der Waals surface area contributed by atoms with Gasteiger partial charge < -0.3 is 4.57 Å². The third kappa shape index (κ3) is 4.42. The van der Waals surface area contributed by atoms with Gasteiger partial charge in [0.25, 0.3) is 0 Å². The zero-order chi connectivity index (χ0) is 33.4. The van der Waals surface area contributed by atoms with E-state index in [4.69, 9.17) is 0 Å². The highest BCUT2D eigenvalue weighted by molar-refractivity contribution is 6.26. The van der Waals surface area contributed by atoms with Crippen LogP contribution in [0.1, 0.15) is 61.3 Å². The van der Waals surface area contributed by atoms with Gasteiger partial charge in [-0.1, -0.05) is 141 Å². The van der Waals surface area contributed by atoms with Crippen LogP contribution >= 0.6 is 0 Å². The summed E-state index contributed by atoms with van der Waals surface area (Å²) in [7, 11) is 0. The van der Waals surface area contributed by atoms with Crippen molar-refractivity contribution in [2.24, 2.45) is 0 Å². The van der Waals surface area contributed by atoms with Crippen LogP contribution in [0.2, 0.25) is 0 Å². The quantitative estimate of drug-likeness (QED) is 0.178. The molecule has 0 spiro atoms. The molecule has 3 N–H and O–H groups in total. The number of hydrogen-bond acceptors (Lipinski definition) is 3. The molecule has 10 rings (SSSR count). The number of para-hydroxylation sites is 1. The first-order valence-corrected chi connectivity index (χ1v) is 18.0. The zero-order valence-corrected chi connectivity index (χ0v) is 28.4. The van der Waals surface area contributed by atoms with Gasteiger partial charge in [-0.05, 0) is 75.4 Å². The molecule has 4 heteroatoms. The van der Waals surface area contributed by atoms with E-state index in [1.54, 1.807) is 0 Å². The third-order valence-electron chi connectivity index (χ3n) is 11.4. The van der Waals surface area contributed by atoms with Gasteiger partial charge in [-0.15, -0.1) is 0 Å². The average molecular weight is 649 g/mol. The maximum atomic E-state index is 3.89. The van der Waals surface area contributed by atoms with Crippen molar-refractivity contribution in [2.45, 2.75) is 50.6 Å². The minimum Gasteiger partial charge on any atom is -0.309 e. The molecule has 244 valence electrons. The fourth-order valence-corrected chi connectivity index (χ4v) is 9.05. The molecule has 1 saturated heterocycles. The zero-order valence-electron chi connectivity index (χ0n) is 28.4. The highest BCUT2D eigenvalue weighted by atomic mass is 15.4. The van der Waals surface area contributed by atoms with Crippen LogP contribution in [0.25, 0.3) is 49.4 Å². The van der Waals surface area contributed by atoms with Crippen LogP contribution < -0.4 is 16.0 Å². The highest BCUT2D eigenvalue weighted by Crippen LogP contribution is 2.56. The summed E-state index contributed by atoms with van der Waals surface area (Å²) in [6.07, 6.45) is 8.93. The molecule has 0 bridgehead atoms. The maximum Gasteiger partial charge on any atom is 0.0864 e. The van der Waals surface area contributed by atoms with Crippen LogP contribution in [0.3, 0.4) is 0 Å². The van der Waals surface area contributed by atoms with Crippen molar-refractivity contribution in [1.82, 2.24) is 20.5 Å². The number of aromatic nitrogens is 1. The normalized spacial score (nSPS) is 21.0. The van der Waals surface area contributed by atoms with Crippen LogP contribution in [0.5, 0.6) is 0 Å². The van der Waals surface area contributed by atoms with E-state index in [0.717, 1.165) is 12.8 Å². The maximum absolute atomic E-state index is 3.89. The Labute approximate surface area is 293 Å². The molecule has 1 fully saturated rings. The predicted molar refractivity (Wildman–Crippen MR) is 207 cm³/mol. The molecule has 7 aromatic rings. The van der Waals surface area contributed by atoms with Crippen molar-refractivity contribution >= 4 is 32.6 Å². The first-order chi connectivity index (χ1) is 24.6. The summed E-state index contributed by atoms with van der Waals surface area (Å²) in [4.78, 5) is 0. The molecule has 1 aliphatic heterocycles. The van der Waals surface area contributed by atoms with Gasteiger partial charge in [-0.2, -0.15) is 0 Å². The molecule has 0 amide bonds. The van der Waals surface area contributed by atoms with Crippen LogP contribution in [0, 0.1) is 0 Å². The number of fused-ring (bicyclic) bond motifs is 10. The van der Waals surface area contributed by atoms with Crippen molar-refractivity contribution in [3.05, 3.63) is 173 Å². The Kier molecular flexibility index (Phi) is 6.75. The molecule has 50 heavy (non-hydrogen) atoms. The molecule has 3 atom stereocenters. The minimum atomic E-state index is -0.0984. The lowest BCUT2D eigenvalue weighted by Crippen LogP contribution is -2.59. The fraction of sp³-hybridized carbons (Fsp3) is 0.174. The van der Waals surface area contributed by atoms with E-state index in [1.807, 2.05) is 0 Å². The molecule has 3 unspecified atom stereocenters. The fourth-order valence-electron chi connectivity index (χ4n) is 9.05. The largest absolute Gasteiger partial charge is 0.309 e.